The van der Waals surface area contributed by atoms with Crippen LogP contribution in [-0.2, 0) is 4.84 Å². The lowest BCUT2D eigenvalue weighted by molar-refractivity contribution is -0.0384. The molecule has 1 N–H and O–H groups in total. The molecule has 1 aromatic heterocycles. The number of benzene rings is 2. The van der Waals surface area contributed by atoms with E-state index in [2.05, 4.69) is 35.4 Å². The number of carbonyl (C=O) groups is 1. The number of nitrogens with one attached hydrogen (secondary N) is 1. The van der Waals surface area contributed by atoms with Gasteiger partial charge in [-0.15, -0.1) is 0 Å². The Kier molecular flexibility index (Phi) is 6.90. The van der Waals surface area contributed by atoms with Gasteiger partial charge in [0, 0.05) is 23.7 Å². The molecule has 0 spiro atoms. The molecule has 0 radical (unpaired) electrons. The minimum atomic E-state index is -0.408. The SMILES string of the molecule is CC(NC(=O)c1cc(C2=NOC(C)(C(C)C)C2)cc(-c2ccccc2C#N)c1)c1ccc(Cl)nc1. The maximum Gasteiger partial charge on any atom is 0.251 e. The summed E-state index contributed by atoms with van der Waals surface area (Å²) in [6.07, 6.45) is 2.28. The zero-order valence-electron chi connectivity index (χ0n) is 20.2. The average molecular weight is 487 g/mol. The van der Waals surface area contributed by atoms with Crippen LogP contribution < -0.4 is 5.32 Å². The highest BCUT2D eigenvalue weighted by Crippen LogP contribution is 2.34. The van der Waals surface area contributed by atoms with Gasteiger partial charge in [-0.2, -0.15) is 5.26 Å². The summed E-state index contributed by atoms with van der Waals surface area (Å²) in [4.78, 5) is 23.3. The standard InChI is InChI=1S/C28H27ClN4O2/c1-17(2)28(4)14-25(33-35-28)22-11-21(24-8-6-5-7-19(24)15-30)12-23(13-22)27(34)32-18(3)20-9-10-26(29)31-16-20/h5-13,16-18H,14H2,1-4H3,(H,32,34). The molecular weight excluding hydrogens is 460 g/mol. The highest BCUT2D eigenvalue weighted by molar-refractivity contribution is 6.29. The molecule has 0 saturated heterocycles. The summed E-state index contributed by atoms with van der Waals surface area (Å²) in [6.45, 7) is 8.13. The third-order valence-electron chi connectivity index (χ3n) is 6.59. The summed E-state index contributed by atoms with van der Waals surface area (Å²) in [5.41, 5.74) is 4.54. The fourth-order valence-electron chi connectivity index (χ4n) is 3.94. The van der Waals surface area contributed by atoms with Gasteiger partial charge in [-0.1, -0.05) is 54.9 Å². The van der Waals surface area contributed by atoms with Crippen molar-refractivity contribution in [2.45, 2.75) is 45.8 Å². The van der Waals surface area contributed by atoms with Gasteiger partial charge in [0.15, 0.2) is 0 Å². The smallest absolute Gasteiger partial charge is 0.251 e. The van der Waals surface area contributed by atoms with Gasteiger partial charge in [0.25, 0.3) is 5.91 Å². The third-order valence-corrected chi connectivity index (χ3v) is 6.81. The van der Waals surface area contributed by atoms with Gasteiger partial charge >= 0.3 is 0 Å². The quantitative estimate of drug-likeness (QED) is 0.414. The molecule has 178 valence electrons. The van der Waals surface area contributed by atoms with E-state index in [0.29, 0.717) is 22.7 Å². The van der Waals surface area contributed by atoms with Gasteiger partial charge in [0.1, 0.15) is 10.8 Å². The normalized spacial score (nSPS) is 17.9. The highest BCUT2D eigenvalue weighted by Gasteiger charge is 2.38. The van der Waals surface area contributed by atoms with E-state index in [1.807, 2.05) is 50.2 Å². The lowest BCUT2D eigenvalue weighted by Gasteiger charge is -2.25. The molecule has 35 heavy (non-hydrogen) atoms. The number of pyridine rings is 1. The number of amides is 1. The predicted octanol–water partition coefficient (Wildman–Crippen LogP) is 6.30. The summed E-state index contributed by atoms with van der Waals surface area (Å²) < 4.78 is 0. The predicted molar refractivity (Wildman–Crippen MR) is 137 cm³/mol. The number of oxime groups is 1. The number of hydrogen-bond acceptors (Lipinski definition) is 5. The summed E-state index contributed by atoms with van der Waals surface area (Å²) in [5.74, 6) is 0.0268. The third kappa shape index (κ3) is 5.21. The topological polar surface area (TPSA) is 87.4 Å². The molecule has 7 heteroatoms. The van der Waals surface area contributed by atoms with Crippen LogP contribution in [0.1, 0.15) is 67.2 Å². The van der Waals surface area contributed by atoms with Crippen LogP contribution >= 0.6 is 11.6 Å². The fourth-order valence-corrected chi connectivity index (χ4v) is 4.05. The van der Waals surface area contributed by atoms with E-state index in [4.69, 9.17) is 16.4 Å². The van der Waals surface area contributed by atoms with Crippen LogP contribution in [0.15, 0.2) is 65.9 Å². The van der Waals surface area contributed by atoms with Crippen LogP contribution in [0.5, 0.6) is 0 Å². The molecule has 1 amide bonds. The maximum absolute atomic E-state index is 13.3. The summed E-state index contributed by atoms with van der Waals surface area (Å²) >= 11 is 5.89. The Hall–Kier alpha value is -3.69. The van der Waals surface area contributed by atoms with Crippen LogP contribution in [0.25, 0.3) is 11.1 Å². The Morgan fingerprint density at radius 2 is 1.89 bits per heavy atom. The van der Waals surface area contributed by atoms with Crippen molar-refractivity contribution in [1.82, 2.24) is 10.3 Å². The molecule has 2 atom stereocenters. The second kappa shape index (κ2) is 9.89. The Morgan fingerprint density at radius 3 is 2.54 bits per heavy atom. The van der Waals surface area contributed by atoms with Gasteiger partial charge in [-0.25, -0.2) is 4.98 Å². The van der Waals surface area contributed by atoms with E-state index in [1.54, 1.807) is 24.4 Å². The first-order chi connectivity index (χ1) is 16.7. The molecule has 2 heterocycles. The van der Waals surface area contributed by atoms with Crippen molar-refractivity contribution in [2.75, 3.05) is 0 Å². The molecule has 1 aliphatic heterocycles. The molecule has 2 aromatic carbocycles. The fraction of sp³-hybridized carbons (Fsp3) is 0.286. The minimum Gasteiger partial charge on any atom is -0.389 e. The van der Waals surface area contributed by atoms with Gasteiger partial charge in [-0.3, -0.25) is 4.79 Å². The number of carbonyl (C=O) groups excluding carboxylic acids is 1. The van der Waals surface area contributed by atoms with Gasteiger partial charge < -0.3 is 10.2 Å². The molecule has 4 rings (SSSR count). The number of nitriles is 1. The summed E-state index contributed by atoms with van der Waals surface area (Å²) in [6, 6.07) is 18.5. The highest BCUT2D eigenvalue weighted by atomic mass is 35.5. The van der Waals surface area contributed by atoms with Crippen molar-refractivity contribution < 1.29 is 9.63 Å². The molecule has 0 aliphatic carbocycles. The van der Waals surface area contributed by atoms with Crippen LogP contribution in [0.3, 0.4) is 0 Å². The number of rotatable bonds is 6. The lowest BCUT2D eigenvalue weighted by Crippen LogP contribution is -2.31. The Morgan fingerprint density at radius 1 is 1.14 bits per heavy atom. The van der Waals surface area contributed by atoms with Crippen molar-refractivity contribution in [3.63, 3.8) is 0 Å². The molecule has 6 nitrogen and oxygen atoms in total. The van der Waals surface area contributed by atoms with Crippen molar-refractivity contribution >= 4 is 23.2 Å². The molecule has 0 fully saturated rings. The molecular formula is C28H27ClN4O2. The second-order valence-electron chi connectivity index (χ2n) is 9.34. The lowest BCUT2D eigenvalue weighted by atomic mass is 9.85. The minimum absolute atomic E-state index is 0.240. The van der Waals surface area contributed by atoms with E-state index in [-0.39, 0.29) is 17.9 Å². The Bertz CT molecular complexity index is 1330. The summed E-state index contributed by atoms with van der Waals surface area (Å²) in [7, 11) is 0. The van der Waals surface area contributed by atoms with E-state index >= 15 is 0 Å². The monoisotopic (exact) mass is 486 g/mol. The number of halogens is 1. The van der Waals surface area contributed by atoms with E-state index in [0.717, 1.165) is 28.0 Å². The average Bonchev–Trinajstić information content (AvgIpc) is 3.27. The molecule has 1 aliphatic rings. The van der Waals surface area contributed by atoms with Gasteiger partial charge in [0.2, 0.25) is 0 Å². The van der Waals surface area contributed by atoms with Crippen molar-refractivity contribution in [2.24, 2.45) is 11.1 Å². The molecule has 2 unspecified atom stereocenters. The zero-order chi connectivity index (χ0) is 25.2. The first-order valence-electron chi connectivity index (χ1n) is 11.5. The largest absolute Gasteiger partial charge is 0.389 e. The zero-order valence-corrected chi connectivity index (χ0v) is 20.9. The van der Waals surface area contributed by atoms with E-state index in [1.165, 1.54) is 0 Å². The van der Waals surface area contributed by atoms with Crippen molar-refractivity contribution in [3.8, 4) is 17.2 Å². The first-order valence-corrected chi connectivity index (χ1v) is 11.9. The van der Waals surface area contributed by atoms with Crippen molar-refractivity contribution in [1.29, 1.82) is 5.26 Å². The van der Waals surface area contributed by atoms with Crippen LogP contribution in [0.2, 0.25) is 5.15 Å². The van der Waals surface area contributed by atoms with E-state index < -0.39 is 5.60 Å². The van der Waals surface area contributed by atoms with E-state index in [9.17, 15) is 10.1 Å². The van der Waals surface area contributed by atoms with Gasteiger partial charge in [0.05, 0.1) is 23.4 Å². The number of aromatic nitrogens is 1. The Balaban J connectivity index is 1.72. The Labute approximate surface area is 210 Å². The maximum atomic E-state index is 13.3. The number of nitrogens with zero attached hydrogens (tertiary/aromatic N) is 3. The van der Waals surface area contributed by atoms with Gasteiger partial charge in [-0.05, 0) is 66.8 Å². The molecule has 3 aromatic rings. The van der Waals surface area contributed by atoms with Crippen LogP contribution in [-0.4, -0.2) is 22.2 Å². The molecule has 0 saturated carbocycles. The van der Waals surface area contributed by atoms with Crippen molar-refractivity contribution in [3.05, 3.63) is 88.2 Å². The van der Waals surface area contributed by atoms with Crippen LogP contribution in [0, 0.1) is 17.2 Å². The number of hydrogen-bond donors (Lipinski definition) is 1. The first kappa shape index (κ1) is 24.4. The second-order valence-corrected chi connectivity index (χ2v) is 9.73. The van der Waals surface area contributed by atoms with Crippen LogP contribution in [0.4, 0.5) is 0 Å². The molecule has 0 bridgehead atoms. The summed E-state index contributed by atoms with van der Waals surface area (Å²) in [5, 5.41) is 17.4.